The Morgan fingerprint density at radius 2 is 2.09 bits per heavy atom. The molecule has 0 spiro atoms. The van der Waals surface area contributed by atoms with Gasteiger partial charge in [0.25, 0.3) is 5.56 Å². The van der Waals surface area contributed by atoms with Crippen LogP contribution in [0.1, 0.15) is 37.8 Å². The molecule has 5 heteroatoms. The van der Waals surface area contributed by atoms with E-state index in [0.717, 1.165) is 5.69 Å². The van der Waals surface area contributed by atoms with Gasteiger partial charge in [-0.15, -0.1) is 0 Å². The molecule has 0 radical (unpaired) electrons. The average molecular weight is 301 g/mol. The molecular weight excluding hydrogens is 278 g/mol. The van der Waals surface area contributed by atoms with Crippen molar-refractivity contribution in [3.05, 3.63) is 46.5 Å². The van der Waals surface area contributed by atoms with Crippen LogP contribution in [-0.2, 0) is 6.54 Å². The van der Waals surface area contributed by atoms with Crippen LogP contribution in [0.4, 0.5) is 0 Å². The van der Waals surface area contributed by atoms with E-state index in [-0.39, 0.29) is 12.2 Å². The van der Waals surface area contributed by atoms with Crippen molar-refractivity contribution in [1.82, 2.24) is 14.3 Å². The van der Waals surface area contributed by atoms with Crippen molar-refractivity contribution < 1.29 is 5.11 Å². The Morgan fingerprint density at radius 1 is 1.27 bits per heavy atom. The van der Waals surface area contributed by atoms with E-state index in [0.29, 0.717) is 24.8 Å². The van der Waals surface area contributed by atoms with Crippen molar-refractivity contribution in [2.24, 2.45) is 0 Å². The molecule has 5 nitrogen and oxygen atoms in total. The number of rotatable bonds is 5. The molecule has 0 amide bonds. The fourth-order valence-corrected chi connectivity index (χ4v) is 3.36. The molecule has 0 atom stereocenters. The summed E-state index contributed by atoms with van der Waals surface area (Å²) in [6.45, 7) is 1.41. The van der Waals surface area contributed by atoms with Gasteiger partial charge in [0.1, 0.15) is 5.65 Å². The van der Waals surface area contributed by atoms with E-state index in [1.165, 1.54) is 32.1 Å². The van der Waals surface area contributed by atoms with Gasteiger partial charge in [-0.1, -0.05) is 25.3 Å². The highest BCUT2D eigenvalue weighted by molar-refractivity contribution is 5.37. The Bertz CT molecular complexity index is 677. The van der Waals surface area contributed by atoms with E-state index in [1.807, 2.05) is 18.2 Å². The van der Waals surface area contributed by atoms with Crippen LogP contribution in [0.3, 0.4) is 0 Å². The maximum Gasteiger partial charge on any atom is 0.258 e. The van der Waals surface area contributed by atoms with Crippen LogP contribution in [0, 0.1) is 0 Å². The normalized spacial score (nSPS) is 16.5. The molecule has 2 heterocycles. The first kappa shape index (κ1) is 15.2. The lowest BCUT2D eigenvalue weighted by atomic mass is 9.94. The van der Waals surface area contributed by atoms with Crippen LogP contribution >= 0.6 is 0 Å². The maximum absolute atomic E-state index is 12.2. The summed E-state index contributed by atoms with van der Waals surface area (Å²) in [6, 6.07) is 7.67. The third-order valence-electron chi connectivity index (χ3n) is 4.47. The van der Waals surface area contributed by atoms with Gasteiger partial charge in [0.05, 0.1) is 12.3 Å². The average Bonchev–Trinajstić information content (AvgIpc) is 2.55. The zero-order valence-electron chi connectivity index (χ0n) is 12.8. The van der Waals surface area contributed by atoms with Crippen molar-refractivity contribution in [3.63, 3.8) is 0 Å². The lowest BCUT2D eigenvalue weighted by Gasteiger charge is -2.33. The van der Waals surface area contributed by atoms with Gasteiger partial charge in [-0.05, 0) is 25.0 Å². The van der Waals surface area contributed by atoms with Crippen molar-refractivity contribution in [3.8, 4) is 0 Å². The fourth-order valence-electron chi connectivity index (χ4n) is 3.36. The third kappa shape index (κ3) is 3.36. The number of hydrogen-bond donors (Lipinski definition) is 1. The number of aliphatic hydroxyl groups excluding tert-OH is 1. The number of pyridine rings is 1. The predicted molar refractivity (Wildman–Crippen MR) is 85.8 cm³/mol. The van der Waals surface area contributed by atoms with Gasteiger partial charge >= 0.3 is 0 Å². The van der Waals surface area contributed by atoms with E-state index in [1.54, 1.807) is 16.7 Å². The quantitative estimate of drug-likeness (QED) is 0.915. The molecule has 0 bridgehead atoms. The van der Waals surface area contributed by atoms with Crippen molar-refractivity contribution >= 4 is 5.65 Å². The molecule has 0 aliphatic heterocycles. The molecule has 0 unspecified atom stereocenters. The fraction of sp³-hybridized carbons (Fsp3) is 0.529. The minimum atomic E-state index is -0.0480. The summed E-state index contributed by atoms with van der Waals surface area (Å²) < 4.78 is 1.56. The molecule has 1 N–H and O–H groups in total. The molecule has 0 aromatic carbocycles. The van der Waals surface area contributed by atoms with E-state index in [4.69, 9.17) is 0 Å². The number of hydrogen-bond acceptors (Lipinski definition) is 4. The standard InChI is InChI=1S/C17H23N3O2/c21-11-10-19(15-6-2-1-3-7-15)13-14-12-17(22)20-9-5-4-8-16(20)18-14/h4-5,8-9,12,15,21H,1-3,6-7,10-11,13H2. The Hall–Kier alpha value is -1.72. The van der Waals surface area contributed by atoms with Crippen LogP contribution in [0.15, 0.2) is 35.3 Å². The summed E-state index contributed by atoms with van der Waals surface area (Å²) in [7, 11) is 0. The first-order valence-electron chi connectivity index (χ1n) is 8.10. The van der Waals surface area contributed by atoms with E-state index < -0.39 is 0 Å². The molecule has 1 aliphatic rings. The highest BCUT2D eigenvalue weighted by atomic mass is 16.3. The molecule has 22 heavy (non-hydrogen) atoms. The topological polar surface area (TPSA) is 57.8 Å². The summed E-state index contributed by atoms with van der Waals surface area (Å²) in [6.07, 6.45) is 7.89. The molecule has 2 aromatic heterocycles. The number of nitrogens with zero attached hydrogens (tertiary/aromatic N) is 3. The van der Waals surface area contributed by atoms with Crippen LogP contribution in [-0.4, -0.2) is 38.6 Å². The Kier molecular flexibility index (Phi) is 4.85. The molecule has 1 saturated carbocycles. The number of aliphatic hydroxyl groups is 1. The van der Waals surface area contributed by atoms with Gasteiger partial charge in [0.15, 0.2) is 0 Å². The summed E-state index contributed by atoms with van der Waals surface area (Å²) in [5.41, 5.74) is 1.42. The Balaban J connectivity index is 1.84. The second-order valence-corrected chi connectivity index (χ2v) is 6.00. The molecular formula is C17H23N3O2. The van der Waals surface area contributed by atoms with E-state index in [2.05, 4.69) is 9.88 Å². The van der Waals surface area contributed by atoms with Crippen LogP contribution in [0.2, 0.25) is 0 Å². The van der Waals surface area contributed by atoms with Gasteiger partial charge < -0.3 is 5.11 Å². The molecule has 0 saturated heterocycles. The van der Waals surface area contributed by atoms with Gasteiger partial charge in [0, 0.05) is 31.4 Å². The van der Waals surface area contributed by atoms with E-state index in [9.17, 15) is 9.90 Å². The molecule has 1 aliphatic carbocycles. The largest absolute Gasteiger partial charge is 0.395 e. The molecule has 118 valence electrons. The predicted octanol–water partition coefficient (Wildman–Crippen LogP) is 1.82. The van der Waals surface area contributed by atoms with Crippen LogP contribution in [0.25, 0.3) is 5.65 Å². The van der Waals surface area contributed by atoms with Crippen molar-refractivity contribution in [2.75, 3.05) is 13.2 Å². The minimum absolute atomic E-state index is 0.0480. The Labute approximate surface area is 130 Å². The number of aromatic nitrogens is 2. The smallest absolute Gasteiger partial charge is 0.258 e. The zero-order chi connectivity index (χ0) is 15.4. The second-order valence-electron chi connectivity index (χ2n) is 6.00. The monoisotopic (exact) mass is 301 g/mol. The Morgan fingerprint density at radius 3 is 2.86 bits per heavy atom. The molecule has 3 rings (SSSR count). The van der Waals surface area contributed by atoms with Gasteiger partial charge in [-0.25, -0.2) is 4.98 Å². The molecule has 2 aromatic rings. The van der Waals surface area contributed by atoms with Gasteiger partial charge in [-0.2, -0.15) is 0 Å². The lowest BCUT2D eigenvalue weighted by molar-refractivity contribution is 0.116. The first-order valence-corrected chi connectivity index (χ1v) is 8.10. The van der Waals surface area contributed by atoms with E-state index >= 15 is 0 Å². The van der Waals surface area contributed by atoms with Gasteiger partial charge in [0.2, 0.25) is 0 Å². The van der Waals surface area contributed by atoms with Crippen molar-refractivity contribution in [2.45, 2.75) is 44.7 Å². The summed E-state index contributed by atoms with van der Waals surface area (Å²) in [5.74, 6) is 0. The van der Waals surface area contributed by atoms with Gasteiger partial charge in [-0.3, -0.25) is 14.1 Å². The third-order valence-corrected chi connectivity index (χ3v) is 4.47. The first-order chi connectivity index (χ1) is 10.8. The summed E-state index contributed by atoms with van der Waals surface area (Å²) in [5, 5.41) is 9.34. The lowest BCUT2D eigenvalue weighted by Crippen LogP contribution is -2.38. The highest BCUT2D eigenvalue weighted by Gasteiger charge is 2.21. The highest BCUT2D eigenvalue weighted by Crippen LogP contribution is 2.23. The summed E-state index contributed by atoms with van der Waals surface area (Å²) >= 11 is 0. The maximum atomic E-state index is 12.2. The summed E-state index contributed by atoms with van der Waals surface area (Å²) in [4.78, 5) is 19.0. The number of fused-ring (bicyclic) bond motifs is 1. The zero-order valence-corrected chi connectivity index (χ0v) is 12.8. The van der Waals surface area contributed by atoms with Crippen LogP contribution < -0.4 is 5.56 Å². The molecule has 1 fully saturated rings. The SMILES string of the molecule is O=c1cc(CN(CCO)C2CCCCC2)nc2ccccn12. The minimum Gasteiger partial charge on any atom is -0.395 e. The van der Waals surface area contributed by atoms with Crippen LogP contribution in [0.5, 0.6) is 0 Å². The second kappa shape index (κ2) is 7.03. The van der Waals surface area contributed by atoms with Crippen molar-refractivity contribution in [1.29, 1.82) is 0 Å².